The summed E-state index contributed by atoms with van der Waals surface area (Å²) in [5.41, 5.74) is 8.53. The number of hydrogen-bond donors (Lipinski definition) is 1. The lowest BCUT2D eigenvalue weighted by atomic mass is 10.0. The first-order valence-corrected chi connectivity index (χ1v) is 9.55. The van der Waals surface area contributed by atoms with Gasteiger partial charge in [-0.05, 0) is 37.0 Å². The number of ether oxygens (including phenoxy) is 1. The van der Waals surface area contributed by atoms with E-state index in [1.54, 1.807) is 6.07 Å². The van der Waals surface area contributed by atoms with Crippen LogP contribution >= 0.6 is 11.6 Å². The maximum atomic E-state index is 12.4. The monoisotopic (exact) mass is 402 g/mol. The number of nitrogens with zero attached hydrogens (tertiary/aromatic N) is 3. The number of aldehydes is 1. The Balaban J connectivity index is 1.74. The van der Waals surface area contributed by atoms with Gasteiger partial charge in [0, 0.05) is 31.5 Å². The third-order valence-electron chi connectivity index (χ3n) is 4.78. The van der Waals surface area contributed by atoms with E-state index in [9.17, 15) is 9.59 Å². The van der Waals surface area contributed by atoms with Gasteiger partial charge in [0.2, 0.25) is 0 Å². The molecule has 1 aromatic carbocycles. The van der Waals surface area contributed by atoms with E-state index in [1.165, 1.54) is 11.1 Å². The second-order valence-corrected chi connectivity index (χ2v) is 7.17. The van der Waals surface area contributed by atoms with E-state index < -0.39 is 0 Å². The number of carbonyl (C=O) groups is 2. The Morgan fingerprint density at radius 2 is 2.14 bits per heavy atom. The van der Waals surface area contributed by atoms with Crippen molar-refractivity contribution in [2.24, 2.45) is 15.7 Å². The molecule has 0 aromatic heterocycles. The molecule has 0 bridgehead atoms. The molecule has 2 heterocycles. The Labute approximate surface area is 168 Å². The van der Waals surface area contributed by atoms with Crippen molar-refractivity contribution in [3.05, 3.63) is 39.9 Å². The number of hydrogen-bond acceptors (Lipinski definition) is 5. The Morgan fingerprint density at radius 1 is 1.39 bits per heavy atom. The molecule has 28 heavy (non-hydrogen) atoms. The van der Waals surface area contributed by atoms with E-state index in [0.29, 0.717) is 29.2 Å². The van der Waals surface area contributed by atoms with Crippen LogP contribution in [0, 0.1) is 0 Å². The van der Waals surface area contributed by atoms with Gasteiger partial charge in [-0.1, -0.05) is 23.7 Å². The third kappa shape index (κ3) is 4.66. The Morgan fingerprint density at radius 3 is 2.86 bits per heavy atom. The zero-order valence-electron chi connectivity index (χ0n) is 15.7. The van der Waals surface area contributed by atoms with Gasteiger partial charge in [-0.15, -0.1) is 0 Å². The van der Waals surface area contributed by atoms with Gasteiger partial charge in [0.1, 0.15) is 12.1 Å². The van der Waals surface area contributed by atoms with Crippen molar-refractivity contribution in [2.45, 2.75) is 32.4 Å². The van der Waals surface area contributed by atoms with Crippen molar-refractivity contribution in [3.63, 3.8) is 0 Å². The molecule has 2 aliphatic heterocycles. The molecule has 0 saturated carbocycles. The molecule has 0 unspecified atom stereocenters. The maximum absolute atomic E-state index is 12.4. The van der Waals surface area contributed by atoms with Crippen molar-refractivity contribution in [1.29, 1.82) is 0 Å². The SMILES string of the molecule is CC(N=CC(Cl)=C(N)c1ccc2c(c1)C(=O)N(CC=O)C2)=NC1CCOCC1. The standard InChI is InChI=1S/C20H23ClN4O3/c1-13(24-16-4-8-28-9-5-16)23-11-18(21)19(22)14-2-3-15-12-25(6-7-26)20(27)17(15)10-14/h2-3,7,10-11,16H,4-6,8-9,12,22H2,1H3. The largest absolute Gasteiger partial charge is 0.397 e. The molecule has 3 rings (SSSR count). The van der Waals surface area contributed by atoms with Crippen molar-refractivity contribution in [3.8, 4) is 0 Å². The minimum Gasteiger partial charge on any atom is -0.397 e. The van der Waals surface area contributed by atoms with Crippen LogP contribution in [-0.2, 0) is 16.1 Å². The minimum absolute atomic E-state index is 0.0767. The number of amides is 1. The number of carbonyl (C=O) groups excluding carboxylic acids is 2. The first-order valence-electron chi connectivity index (χ1n) is 9.17. The van der Waals surface area contributed by atoms with Gasteiger partial charge in [-0.2, -0.15) is 0 Å². The molecule has 148 valence electrons. The summed E-state index contributed by atoms with van der Waals surface area (Å²) in [5, 5.41) is 0.275. The maximum Gasteiger partial charge on any atom is 0.254 e. The van der Waals surface area contributed by atoms with Crippen LogP contribution in [0.1, 0.15) is 41.3 Å². The fraction of sp³-hybridized carbons (Fsp3) is 0.400. The lowest BCUT2D eigenvalue weighted by molar-refractivity contribution is -0.108. The molecule has 2 N–H and O–H groups in total. The molecule has 1 fully saturated rings. The van der Waals surface area contributed by atoms with Gasteiger partial charge in [0.05, 0.1) is 23.3 Å². The van der Waals surface area contributed by atoms with Gasteiger partial charge >= 0.3 is 0 Å². The third-order valence-corrected chi connectivity index (χ3v) is 5.08. The summed E-state index contributed by atoms with van der Waals surface area (Å²) < 4.78 is 5.32. The first-order chi connectivity index (χ1) is 13.5. The van der Waals surface area contributed by atoms with Crippen LogP contribution in [0.3, 0.4) is 0 Å². The molecular formula is C20H23ClN4O3. The number of benzene rings is 1. The fourth-order valence-corrected chi connectivity index (χ4v) is 3.39. The molecular weight excluding hydrogens is 380 g/mol. The first kappa shape index (κ1) is 20.2. The second kappa shape index (κ2) is 9.12. The summed E-state index contributed by atoms with van der Waals surface area (Å²) in [6.07, 6.45) is 3.98. The lowest BCUT2D eigenvalue weighted by Gasteiger charge is -2.18. The average Bonchev–Trinajstić information content (AvgIpc) is 3.01. The minimum atomic E-state index is -0.180. The van der Waals surface area contributed by atoms with E-state index in [-0.39, 0.29) is 23.5 Å². The lowest BCUT2D eigenvalue weighted by Crippen LogP contribution is -2.25. The van der Waals surface area contributed by atoms with Crippen molar-refractivity contribution in [2.75, 3.05) is 19.8 Å². The Hall–Kier alpha value is -2.51. The van der Waals surface area contributed by atoms with Crippen LogP contribution in [0.2, 0.25) is 0 Å². The smallest absolute Gasteiger partial charge is 0.254 e. The number of amidine groups is 1. The van der Waals surface area contributed by atoms with Crippen LogP contribution in [0.25, 0.3) is 5.70 Å². The Kier molecular flexibility index (Phi) is 6.59. The summed E-state index contributed by atoms with van der Waals surface area (Å²) in [6.45, 7) is 3.77. The summed E-state index contributed by atoms with van der Waals surface area (Å²) in [6, 6.07) is 5.57. The van der Waals surface area contributed by atoms with Gasteiger partial charge < -0.3 is 20.2 Å². The zero-order chi connectivity index (χ0) is 20.1. The molecule has 1 saturated heterocycles. The molecule has 0 radical (unpaired) electrons. The predicted octanol–water partition coefficient (Wildman–Crippen LogP) is 2.38. The number of allylic oxidation sites excluding steroid dienone is 1. The number of fused-ring (bicyclic) bond motifs is 1. The average molecular weight is 403 g/mol. The molecule has 1 amide bonds. The zero-order valence-corrected chi connectivity index (χ0v) is 16.5. The van der Waals surface area contributed by atoms with Crippen molar-refractivity contribution >= 4 is 41.5 Å². The van der Waals surface area contributed by atoms with Crippen molar-refractivity contribution < 1.29 is 14.3 Å². The number of halogens is 1. The van der Waals surface area contributed by atoms with E-state index in [2.05, 4.69) is 9.98 Å². The quantitative estimate of drug-likeness (QED) is 0.464. The fourth-order valence-electron chi connectivity index (χ4n) is 3.24. The summed E-state index contributed by atoms with van der Waals surface area (Å²) in [7, 11) is 0. The molecule has 1 aromatic rings. The van der Waals surface area contributed by atoms with Crippen LogP contribution in [0.4, 0.5) is 0 Å². The molecule has 0 aliphatic carbocycles. The highest BCUT2D eigenvalue weighted by atomic mass is 35.5. The molecule has 7 nitrogen and oxygen atoms in total. The van der Waals surface area contributed by atoms with Gasteiger partial charge in [0.25, 0.3) is 5.91 Å². The number of aliphatic imine (C=N–C) groups is 2. The van der Waals surface area contributed by atoms with E-state index >= 15 is 0 Å². The Bertz CT molecular complexity index is 857. The topological polar surface area (TPSA) is 97.3 Å². The van der Waals surface area contributed by atoms with E-state index in [4.69, 9.17) is 22.1 Å². The highest BCUT2D eigenvalue weighted by Crippen LogP contribution is 2.26. The van der Waals surface area contributed by atoms with E-state index in [1.807, 2.05) is 19.1 Å². The number of nitrogens with two attached hydrogens (primary N) is 1. The molecule has 0 spiro atoms. The van der Waals surface area contributed by atoms with Gasteiger partial charge in [-0.3, -0.25) is 9.79 Å². The van der Waals surface area contributed by atoms with Crippen LogP contribution in [0.5, 0.6) is 0 Å². The summed E-state index contributed by atoms with van der Waals surface area (Å²) >= 11 is 6.31. The van der Waals surface area contributed by atoms with E-state index in [0.717, 1.165) is 37.9 Å². The molecule has 0 atom stereocenters. The summed E-state index contributed by atoms with van der Waals surface area (Å²) in [5.74, 6) is 0.451. The van der Waals surface area contributed by atoms with Crippen molar-refractivity contribution in [1.82, 2.24) is 4.90 Å². The molecule has 8 heteroatoms. The predicted molar refractivity (Wildman–Crippen MR) is 110 cm³/mol. The van der Waals surface area contributed by atoms with Gasteiger partial charge in [-0.25, -0.2) is 4.99 Å². The number of rotatable bonds is 5. The van der Waals surface area contributed by atoms with Gasteiger partial charge in [0.15, 0.2) is 0 Å². The van der Waals surface area contributed by atoms with Crippen LogP contribution in [0.15, 0.2) is 33.2 Å². The highest BCUT2D eigenvalue weighted by Gasteiger charge is 2.27. The molecule has 2 aliphatic rings. The second-order valence-electron chi connectivity index (χ2n) is 6.76. The van der Waals surface area contributed by atoms with Crippen LogP contribution < -0.4 is 5.73 Å². The normalized spacial score (nSPS) is 19.1. The highest BCUT2D eigenvalue weighted by molar-refractivity contribution is 6.42. The van der Waals surface area contributed by atoms with Crippen LogP contribution in [-0.4, -0.2) is 54.9 Å². The summed E-state index contributed by atoms with van der Waals surface area (Å²) in [4.78, 5) is 33.4.